The number of benzene rings is 1. The van der Waals surface area contributed by atoms with Crippen LogP contribution < -0.4 is 15.4 Å². The summed E-state index contributed by atoms with van der Waals surface area (Å²) in [6.45, 7) is 3.77. The number of anilines is 1. The molecular weight excluding hydrogens is 207 g/mol. The number of halogens is 1. The van der Waals surface area contributed by atoms with Gasteiger partial charge in [0.25, 0.3) is 0 Å². The molecule has 0 aliphatic rings. The second-order valence-corrected chi connectivity index (χ2v) is 3.61. The van der Waals surface area contributed by atoms with Crippen LogP contribution >= 0.6 is 0 Å². The van der Waals surface area contributed by atoms with Crippen LogP contribution in [0.3, 0.4) is 0 Å². The fraction of sp³-hybridized carbons (Fsp3) is 0.500. The molecule has 1 aromatic rings. The number of rotatable bonds is 6. The maximum atomic E-state index is 13.5. The molecule has 0 unspecified atom stereocenters. The van der Waals surface area contributed by atoms with Gasteiger partial charge in [-0.15, -0.1) is 0 Å². The summed E-state index contributed by atoms with van der Waals surface area (Å²) < 4.78 is 18.7. The summed E-state index contributed by atoms with van der Waals surface area (Å²) in [6.07, 6.45) is 0.894. The standard InChI is InChI=1S/C12H19FN2O/c1-3-16-12-6-5-10(9-11(12)13)15(2)8-4-7-14/h5-6,9H,3-4,7-8,14H2,1-2H3. The van der Waals surface area contributed by atoms with Gasteiger partial charge in [0.15, 0.2) is 11.6 Å². The predicted octanol–water partition coefficient (Wildman–Crippen LogP) is 2.01. The van der Waals surface area contributed by atoms with Crippen molar-refractivity contribution >= 4 is 5.69 Å². The van der Waals surface area contributed by atoms with Crippen molar-refractivity contribution in [1.29, 1.82) is 0 Å². The molecule has 1 rings (SSSR count). The molecule has 0 aromatic heterocycles. The zero-order chi connectivity index (χ0) is 12.0. The van der Waals surface area contributed by atoms with Crippen molar-refractivity contribution in [3.05, 3.63) is 24.0 Å². The minimum atomic E-state index is -0.320. The van der Waals surface area contributed by atoms with E-state index in [1.54, 1.807) is 6.07 Å². The summed E-state index contributed by atoms with van der Waals surface area (Å²) >= 11 is 0. The highest BCUT2D eigenvalue weighted by Gasteiger charge is 2.06. The first-order valence-electron chi connectivity index (χ1n) is 5.52. The Balaban J connectivity index is 2.71. The quantitative estimate of drug-likeness (QED) is 0.806. The Morgan fingerprint density at radius 3 is 2.75 bits per heavy atom. The summed E-state index contributed by atoms with van der Waals surface area (Å²) in [4.78, 5) is 1.98. The molecule has 0 atom stereocenters. The van der Waals surface area contributed by atoms with E-state index in [0.29, 0.717) is 18.9 Å². The fourth-order valence-corrected chi connectivity index (χ4v) is 1.46. The van der Waals surface area contributed by atoms with Crippen molar-refractivity contribution in [2.75, 3.05) is 31.6 Å². The van der Waals surface area contributed by atoms with E-state index < -0.39 is 0 Å². The third-order valence-electron chi connectivity index (χ3n) is 2.35. The average molecular weight is 226 g/mol. The molecule has 3 nitrogen and oxygen atoms in total. The van der Waals surface area contributed by atoms with E-state index in [9.17, 15) is 4.39 Å². The number of ether oxygens (including phenoxy) is 1. The van der Waals surface area contributed by atoms with Gasteiger partial charge >= 0.3 is 0 Å². The molecular formula is C12H19FN2O. The van der Waals surface area contributed by atoms with E-state index in [0.717, 1.165) is 18.7 Å². The van der Waals surface area contributed by atoms with Crippen molar-refractivity contribution in [3.63, 3.8) is 0 Å². The molecule has 0 heterocycles. The van der Waals surface area contributed by atoms with E-state index >= 15 is 0 Å². The fourth-order valence-electron chi connectivity index (χ4n) is 1.46. The molecule has 0 radical (unpaired) electrons. The van der Waals surface area contributed by atoms with E-state index in [4.69, 9.17) is 10.5 Å². The van der Waals surface area contributed by atoms with Gasteiger partial charge in [-0.05, 0) is 32.0 Å². The summed E-state index contributed by atoms with van der Waals surface area (Å²) in [6, 6.07) is 5.00. The second-order valence-electron chi connectivity index (χ2n) is 3.61. The van der Waals surface area contributed by atoms with Crippen LogP contribution in [0, 0.1) is 5.82 Å². The van der Waals surface area contributed by atoms with E-state index in [2.05, 4.69) is 0 Å². The highest BCUT2D eigenvalue weighted by Crippen LogP contribution is 2.23. The third kappa shape index (κ3) is 3.38. The van der Waals surface area contributed by atoms with Gasteiger partial charge in [0.1, 0.15) is 0 Å². The minimum absolute atomic E-state index is 0.304. The molecule has 0 aliphatic carbocycles. The third-order valence-corrected chi connectivity index (χ3v) is 2.35. The van der Waals surface area contributed by atoms with Gasteiger partial charge in [0, 0.05) is 25.3 Å². The lowest BCUT2D eigenvalue weighted by molar-refractivity contribution is 0.321. The lowest BCUT2D eigenvalue weighted by atomic mass is 10.2. The normalized spacial score (nSPS) is 10.2. The number of nitrogens with two attached hydrogens (primary N) is 1. The molecule has 0 saturated carbocycles. The summed E-state index contributed by atoms with van der Waals surface area (Å²) in [7, 11) is 1.92. The molecule has 0 aliphatic heterocycles. The van der Waals surface area contributed by atoms with Crippen LogP contribution in [0.5, 0.6) is 5.75 Å². The molecule has 0 bridgehead atoms. The molecule has 90 valence electrons. The first-order chi connectivity index (χ1) is 7.69. The summed E-state index contributed by atoms with van der Waals surface area (Å²) in [5, 5.41) is 0. The van der Waals surface area contributed by atoms with Crippen LogP contribution in [0.4, 0.5) is 10.1 Å². The molecule has 4 heteroatoms. The predicted molar refractivity (Wildman–Crippen MR) is 64.5 cm³/mol. The van der Waals surface area contributed by atoms with Gasteiger partial charge in [0.05, 0.1) is 6.61 Å². The Kier molecular flexibility index (Phi) is 5.05. The largest absolute Gasteiger partial charge is 0.491 e. The minimum Gasteiger partial charge on any atom is -0.491 e. The maximum absolute atomic E-state index is 13.5. The first kappa shape index (κ1) is 12.8. The first-order valence-corrected chi connectivity index (χ1v) is 5.52. The molecule has 0 amide bonds. The second kappa shape index (κ2) is 6.33. The number of hydrogen-bond acceptors (Lipinski definition) is 3. The van der Waals surface area contributed by atoms with Crippen LogP contribution in [0.1, 0.15) is 13.3 Å². The van der Waals surface area contributed by atoms with E-state index in [1.807, 2.05) is 24.9 Å². The van der Waals surface area contributed by atoms with Crippen molar-refractivity contribution in [2.24, 2.45) is 5.73 Å². The van der Waals surface area contributed by atoms with Gasteiger partial charge in [-0.1, -0.05) is 0 Å². The molecule has 2 N–H and O–H groups in total. The lowest BCUT2D eigenvalue weighted by Gasteiger charge is -2.19. The van der Waals surface area contributed by atoms with Crippen LogP contribution in [-0.4, -0.2) is 26.7 Å². The van der Waals surface area contributed by atoms with Gasteiger partial charge in [0.2, 0.25) is 0 Å². The van der Waals surface area contributed by atoms with Gasteiger partial charge in [-0.25, -0.2) is 4.39 Å². The molecule has 1 aromatic carbocycles. The zero-order valence-corrected chi connectivity index (χ0v) is 9.87. The van der Waals surface area contributed by atoms with Gasteiger partial charge < -0.3 is 15.4 Å². The van der Waals surface area contributed by atoms with Crippen LogP contribution in [-0.2, 0) is 0 Å². The Hall–Kier alpha value is -1.29. The number of hydrogen-bond donors (Lipinski definition) is 1. The van der Waals surface area contributed by atoms with Crippen LogP contribution in [0.25, 0.3) is 0 Å². The Morgan fingerprint density at radius 2 is 2.19 bits per heavy atom. The zero-order valence-electron chi connectivity index (χ0n) is 9.87. The number of nitrogens with zero attached hydrogens (tertiary/aromatic N) is 1. The van der Waals surface area contributed by atoms with Gasteiger partial charge in [-0.3, -0.25) is 0 Å². The molecule has 0 spiro atoms. The summed E-state index contributed by atoms with van der Waals surface area (Å²) in [5.74, 6) is -0.0163. The van der Waals surface area contributed by atoms with E-state index in [1.165, 1.54) is 6.07 Å². The monoisotopic (exact) mass is 226 g/mol. The maximum Gasteiger partial charge on any atom is 0.167 e. The lowest BCUT2D eigenvalue weighted by Crippen LogP contribution is -2.21. The molecule has 0 saturated heterocycles. The highest BCUT2D eigenvalue weighted by molar-refractivity contribution is 5.49. The smallest absolute Gasteiger partial charge is 0.167 e. The Morgan fingerprint density at radius 1 is 1.44 bits per heavy atom. The topological polar surface area (TPSA) is 38.5 Å². The summed E-state index contributed by atoms with van der Waals surface area (Å²) in [5.41, 5.74) is 6.27. The Labute approximate surface area is 96.0 Å². The Bertz CT molecular complexity index is 331. The van der Waals surface area contributed by atoms with E-state index in [-0.39, 0.29) is 5.82 Å². The average Bonchev–Trinajstić information content (AvgIpc) is 2.29. The van der Waals surface area contributed by atoms with Crippen molar-refractivity contribution < 1.29 is 9.13 Å². The molecule has 0 fully saturated rings. The highest BCUT2D eigenvalue weighted by atomic mass is 19.1. The molecule has 16 heavy (non-hydrogen) atoms. The van der Waals surface area contributed by atoms with Crippen LogP contribution in [0.15, 0.2) is 18.2 Å². The van der Waals surface area contributed by atoms with Crippen molar-refractivity contribution in [3.8, 4) is 5.75 Å². The van der Waals surface area contributed by atoms with Crippen molar-refractivity contribution in [2.45, 2.75) is 13.3 Å². The van der Waals surface area contributed by atoms with Crippen molar-refractivity contribution in [1.82, 2.24) is 0 Å². The van der Waals surface area contributed by atoms with Crippen LogP contribution in [0.2, 0.25) is 0 Å². The van der Waals surface area contributed by atoms with Gasteiger partial charge in [-0.2, -0.15) is 0 Å². The SMILES string of the molecule is CCOc1ccc(N(C)CCCN)cc1F.